The van der Waals surface area contributed by atoms with Gasteiger partial charge in [-0.15, -0.1) is 0 Å². The van der Waals surface area contributed by atoms with E-state index in [2.05, 4.69) is 48.5 Å². The SMILES string of the molecule is CCCCCCCCSOC(=O)c1cc(C(C)(C)C)c(O)c(C(C)(C)C)c1CC. The number of carbonyl (C=O) groups excluding carboxylic acids is 1. The third-order valence-corrected chi connectivity index (χ3v) is 5.98. The minimum Gasteiger partial charge on any atom is -0.507 e. The van der Waals surface area contributed by atoms with Crippen molar-refractivity contribution in [3.05, 3.63) is 28.3 Å². The molecule has 3 nitrogen and oxygen atoms in total. The van der Waals surface area contributed by atoms with E-state index in [1.54, 1.807) is 0 Å². The zero-order valence-electron chi connectivity index (χ0n) is 19.9. The summed E-state index contributed by atoms with van der Waals surface area (Å²) in [7, 11) is 0. The molecule has 0 saturated heterocycles. The van der Waals surface area contributed by atoms with Crippen molar-refractivity contribution in [2.45, 2.75) is 111 Å². The Kier molecular flexibility index (Phi) is 10.1. The number of carbonyl (C=O) groups is 1. The molecule has 29 heavy (non-hydrogen) atoms. The average molecular weight is 423 g/mol. The molecule has 0 bridgehead atoms. The van der Waals surface area contributed by atoms with E-state index in [1.807, 2.05) is 13.0 Å². The van der Waals surface area contributed by atoms with Crippen molar-refractivity contribution in [3.63, 3.8) is 0 Å². The molecule has 0 radical (unpaired) electrons. The summed E-state index contributed by atoms with van der Waals surface area (Å²) in [6.07, 6.45) is 8.03. The molecular weight excluding hydrogens is 380 g/mol. The second-order valence-corrected chi connectivity index (χ2v) is 10.8. The maximum atomic E-state index is 12.9. The molecule has 0 spiro atoms. The van der Waals surface area contributed by atoms with Gasteiger partial charge in [-0.1, -0.05) is 87.5 Å². The molecule has 0 aliphatic rings. The van der Waals surface area contributed by atoms with Crippen LogP contribution in [0.25, 0.3) is 0 Å². The van der Waals surface area contributed by atoms with Crippen molar-refractivity contribution in [1.29, 1.82) is 0 Å². The highest BCUT2D eigenvalue weighted by molar-refractivity contribution is 7.95. The quantitative estimate of drug-likeness (QED) is 0.310. The molecule has 4 heteroatoms. The number of unbranched alkanes of at least 4 members (excludes halogenated alkanes) is 5. The lowest BCUT2D eigenvalue weighted by Crippen LogP contribution is -2.22. The first kappa shape index (κ1) is 25.9. The molecule has 1 aromatic rings. The van der Waals surface area contributed by atoms with E-state index >= 15 is 0 Å². The smallest absolute Gasteiger partial charge is 0.350 e. The molecule has 0 heterocycles. The van der Waals surface area contributed by atoms with Gasteiger partial charge in [0, 0.05) is 16.9 Å². The highest BCUT2D eigenvalue weighted by Gasteiger charge is 2.31. The van der Waals surface area contributed by atoms with Crippen LogP contribution in [0.4, 0.5) is 0 Å². The summed E-state index contributed by atoms with van der Waals surface area (Å²) >= 11 is 1.26. The van der Waals surface area contributed by atoms with Crippen molar-refractivity contribution < 1.29 is 14.1 Å². The number of aromatic hydroxyl groups is 1. The summed E-state index contributed by atoms with van der Waals surface area (Å²) in [4.78, 5) is 12.9. The van der Waals surface area contributed by atoms with Gasteiger partial charge < -0.3 is 9.29 Å². The first-order valence-corrected chi connectivity index (χ1v) is 12.1. The molecular formula is C25H42O3S. The highest BCUT2D eigenvalue weighted by Crippen LogP contribution is 2.43. The molecule has 1 aromatic carbocycles. The lowest BCUT2D eigenvalue weighted by atomic mass is 9.75. The molecule has 166 valence electrons. The van der Waals surface area contributed by atoms with Gasteiger partial charge in [0.15, 0.2) is 0 Å². The maximum absolute atomic E-state index is 12.9. The minimum atomic E-state index is -0.297. The predicted molar refractivity (Wildman–Crippen MR) is 126 cm³/mol. The van der Waals surface area contributed by atoms with Crippen LogP contribution in [-0.2, 0) is 21.4 Å². The van der Waals surface area contributed by atoms with Gasteiger partial charge in [0.05, 0.1) is 17.6 Å². The monoisotopic (exact) mass is 422 g/mol. The molecule has 0 aliphatic heterocycles. The molecule has 1 N–H and O–H groups in total. The van der Waals surface area contributed by atoms with E-state index in [4.69, 9.17) is 4.18 Å². The standard InChI is InChI=1S/C25H42O3S/c1-9-11-12-13-14-15-16-29-28-23(27)19-17-20(24(3,4)5)22(26)21(18(19)10-2)25(6,7)8/h17,26H,9-16H2,1-8H3. The number of phenols is 1. The van der Waals surface area contributed by atoms with Gasteiger partial charge in [-0.3, -0.25) is 0 Å². The fourth-order valence-corrected chi connectivity index (χ4v) is 4.32. The Labute approximate surface area is 183 Å². The molecule has 0 atom stereocenters. The van der Waals surface area contributed by atoms with Crippen LogP contribution in [-0.4, -0.2) is 16.8 Å². The summed E-state index contributed by atoms with van der Waals surface area (Å²) < 4.78 is 5.57. The molecule has 0 amide bonds. The van der Waals surface area contributed by atoms with Gasteiger partial charge in [-0.05, 0) is 35.3 Å². The van der Waals surface area contributed by atoms with Crippen LogP contribution in [0.2, 0.25) is 0 Å². The third kappa shape index (κ3) is 7.55. The van der Waals surface area contributed by atoms with Crippen molar-refractivity contribution in [2.75, 3.05) is 5.75 Å². The molecule has 0 unspecified atom stereocenters. The molecule has 0 fully saturated rings. The fraction of sp³-hybridized carbons (Fsp3) is 0.720. The van der Waals surface area contributed by atoms with E-state index in [-0.39, 0.29) is 16.8 Å². The van der Waals surface area contributed by atoms with Crippen LogP contribution in [0.3, 0.4) is 0 Å². The van der Waals surface area contributed by atoms with Crippen molar-refractivity contribution in [2.24, 2.45) is 0 Å². The van der Waals surface area contributed by atoms with Gasteiger partial charge in [-0.2, -0.15) is 0 Å². The Morgan fingerprint density at radius 2 is 1.55 bits per heavy atom. The Morgan fingerprint density at radius 3 is 2.07 bits per heavy atom. The zero-order valence-corrected chi connectivity index (χ0v) is 20.7. The number of hydrogen-bond donors (Lipinski definition) is 1. The number of hydrogen-bond acceptors (Lipinski definition) is 4. The second-order valence-electron chi connectivity index (χ2n) is 9.99. The predicted octanol–water partition coefficient (Wildman–Crippen LogP) is 7.72. The Bertz CT molecular complexity index is 666. The summed E-state index contributed by atoms with van der Waals surface area (Å²) in [6, 6.07) is 1.84. The van der Waals surface area contributed by atoms with Gasteiger partial charge >= 0.3 is 5.97 Å². The summed E-state index contributed by atoms with van der Waals surface area (Å²) in [5, 5.41) is 11.1. The summed E-state index contributed by atoms with van der Waals surface area (Å²) in [6.45, 7) is 16.7. The van der Waals surface area contributed by atoms with E-state index in [1.165, 1.54) is 44.1 Å². The second kappa shape index (κ2) is 11.3. The van der Waals surface area contributed by atoms with E-state index in [0.29, 0.717) is 17.7 Å². The maximum Gasteiger partial charge on any atom is 0.350 e. The Hall–Kier alpha value is -1.16. The van der Waals surface area contributed by atoms with Crippen LogP contribution < -0.4 is 0 Å². The van der Waals surface area contributed by atoms with Crippen molar-refractivity contribution in [1.82, 2.24) is 0 Å². The minimum absolute atomic E-state index is 0.267. The molecule has 0 saturated carbocycles. The van der Waals surface area contributed by atoms with Crippen LogP contribution in [0.15, 0.2) is 6.07 Å². The average Bonchev–Trinajstić information content (AvgIpc) is 2.60. The van der Waals surface area contributed by atoms with Crippen molar-refractivity contribution >= 4 is 18.0 Å². The first-order valence-electron chi connectivity index (χ1n) is 11.2. The fourth-order valence-electron chi connectivity index (χ4n) is 3.72. The first-order chi connectivity index (χ1) is 13.4. The lowest BCUT2D eigenvalue weighted by molar-refractivity contribution is 0.0766. The summed E-state index contributed by atoms with van der Waals surface area (Å²) in [5.74, 6) is 0.849. The molecule has 1 rings (SSSR count). The molecule has 0 aromatic heterocycles. The number of phenolic OH excluding ortho intramolecular Hbond substituents is 1. The topological polar surface area (TPSA) is 46.5 Å². The number of rotatable bonds is 10. The van der Waals surface area contributed by atoms with Crippen LogP contribution in [0.5, 0.6) is 5.75 Å². The van der Waals surface area contributed by atoms with Crippen LogP contribution in [0.1, 0.15) is 121 Å². The third-order valence-electron chi connectivity index (χ3n) is 5.25. The van der Waals surface area contributed by atoms with E-state index in [0.717, 1.165) is 28.9 Å². The Balaban J connectivity index is 3.00. The van der Waals surface area contributed by atoms with Gasteiger partial charge in [-0.25, -0.2) is 4.79 Å². The number of benzene rings is 1. The highest BCUT2D eigenvalue weighted by atomic mass is 32.2. The van der Waals surface area contributed by atoms with Crippen LogP contribution in [0, 0.1) is 0 Å². The van der Waals surface area contributed by atoms with Gasteiger partial charge in [0.2, 0.25) is 0 Å². The van der Waals surface area contributed by atoms with Gasteiger partial charge in [0.25, 0.3) is 0 Å². The largest absolute Gasteiger partial charge is 0.507 e. The normalized spacial score (nSPS) is 12.3. The van der Waals surface area contributed by atoms with E-state index in [9.17, 15) is 9.90 Å². The molecule has 0 aliphatic carbocycles. The summed E-state index contributed by atoms with van der Waals surface area (Å²) in [5.41, 5.74) is 2.62. The Morgan fingerprint density at radius 1 is 0.966 bits per heavy atom. The van der Waals surface area contributed by atoms with Crippen molar-refractivity contribution in [3.8, 4) is 5.75 Å². The zero-order chi connectivity index (χ0) is 22.2. The lowest BCUT2D eigenvalue weighted by Gasteiger charge is -2.30. The van der Waals surface area contributed by atoms with Crippen LogP contribution >= 0.6 is 12.0 Å². The van der Waals surface area contributed by atoms with Gasteiger partial charge in [0.1, 0.15) is 5.75 Å². The van der Waals surface area contributed by atoms with E-state index < -0.39 is 0 Å².